The van der Waals surface area contributed by atoms with Gasteiger partial charge < -0.3 is 20.4 Å². The first-order chi connectivity index (χ1) is 7.24. The molecule has 0 aliphatic carbocycles. The molecule has 0 saturated heterocycles. The number of H-pyrrole nitrogens is 1. The Labute approximate surface area is 88.4 Å². The quantitative estimate of drug-likeness (QED) is 0.613. The van der Waals surface area contributed by atoms with Gasteiger partial charge in [0.2, 0.25) is 5.91 Å². The van der Waals surface area contributed by atoms with Crippen molar-refractivity contribution in [3.8, 4) is 0 Å². The summed E-state index contributed by atoms with van der Waals surface area (Å²) in [7, 11) is 1.71. The summed E-state index contributed by atoms with van der Waals surface area (Å²) >= 11 is 0. The zero-order chi connectivity index (χ0) is 11.1. The predicted octanol–water partition coefficient (Wildman–Crippen LogP) is -0.657. The van der Waals surface area contributed by atoms with Crippen LogP contribution in [-0.4, -0.2) is 47.6 Å². The smallest absolute Gasteiger partial charge is 0.248 e. The van der Waals surface area contributed by atoms with Gasteiger partial charge in [-0.05, 0) is 0 Å². The summed E-state index contributed by atoms with van der Waals surface area (Å²) in [5.41, 5.74) is 5.24. The first-order valence-electron chi connectivity index (χ1n) is 4.74. The number of nitrogens with two attached hydrogens (primary N) is 1. The second kappa shape index (κ2) is 6.15. The van der Waals surface area contributed by atoms with Crippen molar-refractivity contribution in [2.24, 2.45) is 5.73 Å². The highest BCUT2D eigenvalue weighted by Crippen LogP contribution is 1.96. The molecule has 1 rings (SSSR count). The van der Waals surface area contributed by atoms with Crippen molar-refractivity contribution in [1.29, 1.82) is 0 Å². The monoisotopic (exact) mass is 212 g/mol. The minimum absolute atomic E-state index is 0.0639. The number of nitrogens with zero attached hydrogens (tertiary/aromatic N) is 2. The molecule has 6 heteroatoms. The van der Waals surface area contributed by atoms with Crippen LogP contribution < -0.4 is 5.73 Å². The molecule has 15 heavy (non-hydrogen) atoms. The fourth-order valence-electron chi connectivity index (χ4n) is 1.05. The maximum absolute atomic E-state index is 11.5. The van der Waals surface area contributed by atoms with E-state index in [1.807, 2.05) is 0 Å². The van der Waals surface area contributed by atoms with Gasteiger partial charge >= 0.3 is 0 Å². The highest BCUT2D eigenvalue weighted by Gasteiger charge is 2.09. The van der Waals surface area contributed by atoms with Crippen molar-refractivity contribution in [3.63, 3.8) is 0 Å². The molecular weight excluding hydrogens is 196 g/mol. The van der Waals surface area contributed by atoms with Gasteiger partial charge in [-0.15, -0.1) is 0 Å². The molecule has 0 spiro atoms. The molecule has 1 amide bonds. The van der Waals surface area contributed by atoms with E-state index in [1.54, 1.807) is 24.3 Å². The largest absolute Gasteiger partial charge is 0.370 e. The van der Waals surface area contributed by atoms with Gasteiger partial charge in [0.25, 0.3) is 0 Å². The van der Waals surface area contributed by atoms with E-state index in [4.69, 9.17) is 10.5 Å². The van der Waals surface area contributed by atoms with E-state index in [2.05, 4.69) is 9.97 Å². The molecule has 0 bridgehead atoms. The molecule has 0 fully saturated rings. The number of rotatable bonds is 6. The van der Waals surface area contributed by atoms with E-state index in [9.17, 15) is 4.79 Å². The van der Waals surface area contributed by atoms with E-state index in [0.29, 0.717) is 19.7 Å². The summed E-state index contributed by atoms with van der Waals surface area (Å²) in [5.74, 6) is 0.671. The number of aromatic amines is 1. The lowest BCUT2D eigenvalue weighted by atomic mass is 10.5. The number of nitrogens with one attached hydrogen (secondary N) is 1. The molecule has 0 radical (unpaired) electrons. The lowest BCUT2D eigenvalue weighted by Crippen LogP contribution is -2.30. The summed E-state index contributed by atoms with van der Waals surface area (Å²) in [5, 5.41) is 0. The average Bonchev–Trinajstić information content (AvgIpc) is 2.70. The van der Waals surface area contributed by atoms with Crippen molar-refractivity contribution in [2.75, 3.05) is 26.8 Å². The molecule has 0 aliphatic heterocycles. The first-order valence-corrected chi connectivity index (χ1v) is 4.74. The first kappa shape index (κ1) is 11.7. The molecule has 0 aliphatic rings. The molecule has 0 aromatic carbocycles. The summed E-state index contributed by atoms with van der Waals surface area (Å²) in [4.78, 5) is 20.0. The average molecular weight is 212 g/mol. The van der Waals surface area contributed by atoms with Crippen LogP contribution in [0.2, 0.25) is 0 Å². The van der Waals surface area contributed by atoms with Crippen molar-refractivity contribution >= 4 is 5.91 Å². The van der Waals surface area contributed by atoms with Crippen molar-refractivity contribution in [3.05, 3.63) is 18.2 Å². The number of hydrogen-bond acceptors (Lipinski definition) is 4. The summed E-state index contributed by atoms with van der Waals surface area (Å²) < 4.78 is 5.04. The van der Waals surface area contributed by atoms with Gasteiger partial charge in [-0.3, -0.25) is 4.79 Å². The van der Waals surface area contributed by atoms with Crippen LogP contribution in [-0.2, 0) is 16.1 Å². The number of carbonyl (C=O) groups is 1. The van der Waals surface area contributed by atoms with Gasteiger partial charge in [0.1, 0.15) is 12.4 Å². The Bertz CT molecular complexity index is 286. The predicted molar refractivity (Wildman–Crippen MR) is 54.9 cm³/mol. The van der Waals surface area contributed by atoms with Gasteiger partial charge in [-0.25, -0.2) is 4.98 Å². The maximum Gasteiger partial charge on any atom is 0.248 e. The SMILES string of the molecule is CN(Cc1ncc[nH]1)C(=O)COCCN. The van der Waals surface area contributed by atoms with Crippen LogP contribution in [0.4, 0.5) is 0 Å². The van der Waals surface area contributed by atoms with E-state index in [0.717, 1.165) is 5.82 Å². The van der Waals surface area contributed by atoms with Crippen LogP contribution in [0.5, 0.6) is 0 Å². The van der Waals surface area contributed by atoms with E-state index in [-0.39, 0.29) is 12.5 Å². The molecule has 0 atom stereocenters. The van der Waals surface area contributed by atoms with Gasteiger partial charge in [-0.2, -0.15) is 0 Å². The van der Waals surface area contributed by atoms with Gasteiger partial charge in [0, 0.05) is 26.0 Å². The Kier molecular flexibility index (Phi) is 4.79. The summed E-state index contributed by atoms with van der Waals surface area (Å²) in [6, 6.07) is 0. The van der Waals surface area contributed by atoms with E-state index < -0.39 is 0 Å². The van der Waals surface area contributed by atoms with Crippen molar-refractivity contribution in [1.82, 2.24) is 14.9 Å². The van der Waals surface area contributed by atoms with Crippen LogP contribution in [0.25, 0.3) is 0 Å². The number of carbonyl (C=O) groups excluding carboxylic acids is 1. The molecule has 6 nitrogen and oxygen atoms in total. The number of aromatic nitrogens is 2. The Balaban J connectivity index is 2.27. The third-order valence-corrected chi connectivity index (χ3v) is 1.86. The fourth-order valence-corrected chi connectivity index (χ4v) is 1.05. The van der Waals surface area contributed by atoms with E-state index >= 15 is 0 Å². The maximum atomic E-state index is 11.5. The molecule has 1 aromatic heterocycles. The number of amides is 1. The summed E-state index contributed by atoms with van der Waals surface area (Å²) in [6.07, 6.45) is 3.37. The van der Waals surface area contributed by atoms with Crippen LogP contribution in [0.15, 0.2) is 12.4 Å². The normalized spacial score (nSPS) is 10.3. The highest BCUT2D eigenvalue weighted by molar-refractivity contribution is 5.77. The molecule has 1 aromatic rings. The molecule has 0 unspecified atom stereocenters. The third-order valence-electron chi connectivity index (χ3n) is 1.86. The van der Waals surface area contributed by atoms with Gasteiger partial charge in [0.15, 0.2) is 0 Å². The number of hydrogen-bond donors (Lipinski definition) is 2. The van der Waals surface area contributed by atoms with Crippen LogP contribution in [0.3, 0.4) is 0 Å². The van der Waals surface area contributed by atoms with Gasteiger partial charge in [0.05, 0.1) is 13.2 Å². The minimum atomic E-state index is -0.0835. The number of imidazole rings is 1. The highest BCUT2D eigenvalue weighted by atomic mass is 16.5. The Morgan fingerprint density at radius 3 is 3.13 bits per heavy atom. The zero-order valence-electron chi connectivity index (χ0n) is 8.77. The van der Waals surface area contributed by atoms with Crippen molar-refractivity contribution < 1.29 is 9.53 Å². The molecule has 0 saturated carbocycles. The molecule has 1 heterocycles. The van der Waals surface area contributed by atoms with Crippen LogP contribution in [0, 0.1) is 0 Å². The minimum Gasteiger partial charge on any atom is -0.370 e. The van der Waals surface area contributed by atoms with Gasteiger partial charge in [-0.1, -0.05) is 0 Å². The molecule has 84 valence electrons. The zero-order valence-corrected chi connectivity index (χ0v) is 8.77. The standard InChI is InChI=1S/C9H16N4O2/c1-13(6-8-11-3-4-12-8)9(14)7-15-5-2-10/h3-4H,2,5-7,10H2,1H3,(H,11,12). The summed E-state index contributed by atoms with van der Waals surface area (Å²) in [6.45, 7) is 1.35. The Morgan fingerprint density at radius 2 is 2.53 bits per heavy atom. The van der Waals surface area contributed by atoms with E-state index in [1.165, 1.54) is 0 Å². The topological polar surface area (TPSA) is 84.2 Å². The molecular formula is C9H16N4O2. The lowest BCUT2D eigenvalue weighted by Gasteiger charge is -2.15. The number of ether oxygens (including phenoxy) is 1. The Hall–Kier alpha value is -1.40. The second-order valence-electron chi connectivity index (χ2n) is 3.13. The fraction of sp³-hybridized carbons (Fsp3) is 0.556. The van der Waals surface area contributed by atoms with Crippen LogP contribution in [0.1, 0.15) is 5.82 Å². The molecule has 3 N–H and O–H groups in total. The van der Waals surface area contributed by atoms with Crippen molar-refractivity contribution in [2.45, 2.75) is 6.54 Å². The Morgan fingerprint density at radius 1 is 1.73 bits per heavy atom. The second-order valence-corrected chi connectivity index (χ2v) is 3.13. The van der Waals surface area contributed by atoms with Crippen LogP contribution >= 0.6 is 0 Å². The third kappa shape index (κ3) is 4.09. The number of likely N-dealkylation sites (N-methyl/N-ethyl adjacent to an activating group) is 1. The lowest BCUT2D eigenvalue weighted by molar-refractivity contribution is -0.135.